The van der Waals surface area contributed by atoms with E-state index in [9.17, 15) is 4.79 Å². The van der Waals surface area contributed by atoms with Crippen molar-refractivity contribution in [2.45, 2.75) is 6.42 Å². The van der Waals surface area contributed by atoms with Crippen LogP contribution in [0.1, 0.15) is 12.0 Å². The summed E-state index contributed by atoms with van der Waals surface area (Å²) in [6.45, 7) is 0.639. The van der Waals surface area contributed by atoms with Gasteiger partial charge in [-0.2, -0.15) is 0 Å². The van der Waals surface area contributed by atoms with Gasteiger partial charge in [-0.1, -0.05) is 30.3 Å². The standard InChI is InChI=1S/C13H14N2O2S/c16-8-4-7-14-13-15-12(17)11(18-13)9-10-5-2-1-3-6-10/h1-3,5-6,9,16H,4,7-8H2,(H,14,15,17)/b11-9-. The lowest BCUT2D eigenvalue weighted by atomic mass is 10.2. The van der Waals surface area contributed by atoms with Crippen molar-refractivity contribution in [3.05, 3.63) is 40.8 Å². The van der Waals surface area contributed by atoms with Gasteiger partial charge in [0.1, 0.15) is 0 Å². The van der Waals surface area contributed by atoms with Crippen molar-refractivity contribution in [1.29, 1.82) is 0 Å². The Hall–Kier alpha value is -1.59. The van der Waals surface area contributed by atoms with Gasteiger partial charge in [-0.25, -0.2) is 0 Å². The predicted molar refractivity (Wildman–Crippen MR) is 74.2 cm³/mol. The van der Waals surface area contributed by atoms with Gasteiger partial charge >= 0.3 is 0 Å². The molecule has 1 aromatic rings. The zero-order valence-corrected chi connectivity index (χ0v) is 10.6. The summed E-state index contributed by atoms with van der Waals surface area (Å²) < 4.78 is 0. The predicted octanol–water partition coefficient (Wildman–Crippen LogP) is 1.63. The number of carbonyl (C=O) groups is 1. The Bertz CT molecular complexity index is 483. The van der Waals surface area contributed by atoms with Crippen LogP contribution in [0, 0.1) is 0 Å². The van der Waals surface area contributed by atoms with Gasteiger partial charge in [0.05, 0.1) is 4.91 Å². The van der Waals surface area contributed by atoms with Gasteiger partial charge in [0.2, 0.25) is 0 Å². The van der Waals surface area contributed by atoms with Crippen LogP contribution in [-0.2, 0) is 4.79 Å². The number of aliphatic hydroxyl groups is 1. The molecule has 5 heteroatoms. The van der Waals surface area contributed by atoms with Crippen molar-refractivity contribution in [1.82, 2.24) is 5.32 Å². The van der Waals surface area contributed by atoms with E-state index in [1.165, 1.54) is 11.8 Å². The van der Waals surface area contributed by atoms with E-state index >= 15 is 0 Å². The minimum atomic E-state index is -0.119. The van der Waals surface area contributed by atoms with Crippen LogP contribution in [-0.4, -0.2) is 29.3 Å². The molecule has 0 unspecified atom stereocenters. The maximum absolute atomic E-state index is 11.7. The second kappa shape index (κ2) is 6.37. The molecule has 0 aliphatic carbocycles. The molecule has 2 N–H and O–H groups in total. The molecule has 0 spiro atoms. The molecule has 1 heterocycles. The van der Waals surface area contributed by atoms with Crippen LogP contribution in [0.25, 0.3) is 6.08 Å². The van der Waals surface area contributed by atoms with Crippen molar-refractivity contribution in [3.63, 3.8) is 0 Å². The molecule has 2 rings (SSSR count). The van der Waals surface area contributed by atoms with Gasteiger partial charge in [-0.05, 0) is 29.8 Å². The van der Waals surface area contributed by atoms with E-state index in [1.54, 1.807) is 0 Å². The summed E-state index contributed by atoms with van der Waals surface area (Å²) in [5.41, 5.74) is 0.992. The number of hydrogen-bond acceptors (Lipinski definition) is 4. The van der Waals surface area contributed by atoms with E-state index in [-0.39, 0.29) is 12.5 Å². The lowest BCUT2D eigenvalue weighted by Gasteiger charge is -1.94. The number of hydrogen-bond donors (Lipinski definition) is 2. The number of benzene rings is 1. The summed E-state index contributed by atoms with van der Waals surface area (Å²) in [6.07, 6.45) is 2.45. The SMILES string of the molecule is O=C1NC(=NCCCO)S/C1=C\c1ccccc1. The van der Waals surface area contributed by atoms with E-state index in [0.29, 0.717) is 23.0 Å². The van der Waals surface area contributed by atoms with E-state index < -0.39 is 0 Å². The monoisotopic (exact) mass is 262 g/mol. The molecule has 0 radical (unpaired) electrons. The first-order valence-corrected chi connectivity index (χ1v) is 6.52. The minimum absolute atomic E-state index is 0.113. The Labute approximate surface area is 110 Å². The molecule has 4 nitrogen and oxygen atoms in total. The van der Waals surface area contributed by atoms with Crippen LogP contribution in [0.4, 0.5) is 0 Å². The minimum Gasteiger partial charge on any atom is -0.396 e. The first kappa shape index (κ1) is 12.9. The Morgan fingerprint density at radius 2 is 2.11 bits per heavy atom. The highest BCUT2D eigenvalue weighted by Gasteiger charge is 2.23. The smallest absolute Gasteiger partial charge is 0.264 e. The number of amidine groups is 1. The van der Waals surface area contributed by atoms with Gasteiger partial charge in [-0.3, -0.25) is 9.79 Å². The van der Waals surface area contributed by atoms with Gasteiger partial charge in [0, 0.05) is 13.2 Å². The first-order valence-electron chi connectivity index (χ1n) is 5.71. The zero-order valence-electron chi connectivity index (χ0n) is 9.80. The summed E-state index contributed by atoms with van der Waals surface area (Å²) in [7, 11) is 0. The molecule has 0 saturated carbocycles. The second-order valence-corrected chi connectivity index (χ2v) is 4.77. The fraction of sp³-hybridized carbons (Fsp3) is 0.231. The number of carbonyl (C=O) groups excluding carboxylic acids is 1. The lowest BCUT2D eigenvalue weighted by Crippen LogP contribution is -2.20. The Morgan fingerprint density at radius 3 is 2.83 bits per heavy atom. The third-order valence-corrected chi connectivity index (χ3v) is 3.27. The number of nitrogens with one attached hydrogen (secondary N) is 1. The van der Waals surface area contributed by atoms with Crippen molar-refractivity contribution >= 4 is 28.9 Å². The summed E-state index contributed by atoms with van der Waals surface area (Å²) in [5.74, 6) is -0.119. The van der Waals surface area contributed by atoms with Crippen LogP contribution in [0.3, 0.4) is 0 Å². The second-order valence-electron chi connectivity index (χ2n) is 3.74. The highest BCUT2D eigenvalue weighted by molar-refractivity contribution is 8.18. The summed E-state index contributed by atoms with van der Waals surface area (Å²) in [6, 6.07) is 9.69. The molecule has 1 aliphatic heterocycles. The molecule has 0 bridgehead atoms. The van der Waals surface area contributed by atoms with E-state index in [4.69, 9.17) is 5.11 Å². The number of rotatable bonds is 4. The maximum atomic E-state index is 11.7. The van der Waals surface area contributed by atoms with Crippen LogP contribution >= 0.6 is 11.8 Å². The molecular weight excluding hydrogens is 248 g/mol. The van der Waals surface area contributed by atoms with Crippen molar-refractivity contribution in [2.75, 3.05) is 13.2 Å². The third-order valence-electron chi connectivity index (χ3n) is 2.32. The Balaban J connectivity index is 2.06. The van der Waals surface area contributed by atoms with Gasteiger partial charge in [0.15, 0.2) is 5.17 Å². The number of aliphatic imine (C=N–C) groups is 1. The first-order chi connectivity index (χ1) is 8.79. The maximum Gasteiger partial charge on any atom is 0.264 e. The van der Waals surface area contributed by atoms with Gasteiger partial charge in [-0.15, -0.1) is 0 Å². The molecule has 18 heavy (non-hydrogen) atoms. The van der Waals surface area contributed by atoms with Crippen LogP contribution < -0.4 is 5.32 Å². The fourth-order valence-corrected chi connectivity index (χ4v) is 2.30. The molecule has 1 aliphatic rings. The molecule has 1 aromatic carbocycles. The number of amides is 1. The molecular formula is C13H14N2O2S. The highest BCUT2D eigenvalue weighted by Crippen LogP contribution is 2.25. The van der Waals surface area contributed by atoms with Gasteiger partial charge < -0.3 is 10.4 Å². The molecule has 0 aromatic heterocycles. The topological polar surface area (TPSA) is 61.7 Å². The molecule has 1 fully saturated rings. The van der Waals surface area contributed by atoms with Crippen LogP contribution in [0.5, 0.6) is 0 Å². The number of nitrogens with zero attached hydrogens (tertiary/aromatic N) is 1. The van der Waals surface area contributed by atoms with E-state index in [1.807, 2.05) is 36.4 Å². The zero-order chi connectivity index (χ0) is 12.8. The highest BCUT2D eigenvalue weighted by atomic mass is 32.2. The number of aliphatic hydroxyl groups excluding tert-OH is 1. The largest absolute Gasteiger partial charge is 0.396 e. The van der Waals surface area contributed by atoms with E-state index in [0.717, 1.165) is 5.56 Å². The molecule has 0 atom stereocenters. The Kier molecular flexibility index (Phi) is 4.55. The van der Waals surface area contributed by atoms with E-state index in [2.05, 4.69) is 10.3 Å². The van der Waals surface area contributed by atoms with Crippen LogP contribution in [0.15, 0.2) is 40.2 Å². The third kappa shape index (κ3) is 3.45. The van der Waals surface area contributed by atoms with Crippen molar-refractivity contribution in [2.24, 2.45) is 4.99 Å². The normalized spacial score (nSPS) is 19.5. The summed E-state index contributed by atoms with van der Waals surface area (Å²) in [5, 5.41) is 12.0. The molecule has 1 amide bonds. The van der Waals surface area contributed by atoms with Crippen molar-refractivity contribution in [3.8, 4) is 0 Å². The Morgan fingerprint density at radius 1 is 1.33 bits per heavy atom. The lowest BCUT2D eigenvalue weighted by molar-refractivity contribution is -0.115. The van der Waals surface area contributed by atoms with Crippen molar-refractivity contribution < 1.29 is 9.90 Å². The summed E-state index contributed by atoms with van der Waals surface area (Å²) in [4.78, 5) is 16.5. The average Bonchev–Trinajstić information content (AvgIpc) is 2.72. The quantitative estimate of drug-likeness (QED) is 0.640. The number of thioether (sulfide) groups is 1. The average molecular weight is 262 g/mol. The fourth-order valence-electron chi connectivity index (χ4n) is 1.45. The van der Waals surface area contributed by atoms with Gasteiger partial charge in [0.25, 0.3) is 5.91 Å². The molecule has 1 saturated heterocycles. The summed E-state index contributed by atoms with van der Waals surface area (Å²) >= 11 is 1.33. The molecule has 94 valence electrons. The van der Waals surface area contributed by atoms with Crippen LogP contribution in [0.2, 0.25) is 0 Å².